The average molecular weight is 304 g/mol. The van der Waals surface area contributed by atoms with Crippen molar-refractivity contribution in [1.82, 2.24) is 5.32 Å². The summed E-state index contributed by atoms with van der Waals surface area (Å²) in [5.74, 6) is -0.322. The van der Waals surface area contributed by atoms with Crippen LogP contribution < -0.4 is 5.32 Å². The lowest BCUT2D eigenvalue weighted by Gasteiger charge is -2.11. The normalized spacial score (nSPS) is 12.4. The molecular formula is C14H19Cl2NO2. The molecule has 0 spiro atoms. The molecular weight excluding hydrogens is 285 g/mol. The monoisotopic (exact) mass is 303 g/mol. The molecule has 0 bridgehead atoms. The Kier molecular flexibility index (Phi) is 7.21. The van der Waals surface area contributed by atoms with Crippen molar-refractivity contribution in [3.63, 3.8) is 0 Å². The molecule has 1 atom stereocenters. The van der Waals surface area contributed by atoms with E-state index in [1.807, 2.05) is 12.1 Å². The fraction of sp³-hybridized carbons (Fsp3) is 0.500. The van der Waals surface area contributed by atoms with Crippen molar-refractivity contribution < 1.29 is 9.90 Å². The first-order chi connectivity index (χ1) is 8.99. The number of hydrogen-bond acceptors (Lipinski definition) is 2. The van der Waals surface area contributed by atoms with Crippen molar-refractivity contribution in [2.24, 2.45) is 5.92 Å². The van der Waals surface area contributed by atoms with E-state index < -0.39 is 5.97 Å². The predicted octanol–water partition coefficient (Wildman–Crippen LogP) is 3.97. The van der Waals surface area contributed by atoms with Gasteiger partial charge in [-0.05, 0) is 43.0 Å². The van der Waals surface area contributed by atoms with Gasteiger partial charge in [-0.2, -0.15) is 0 Å². The Labute approximate surface area is 123 Å². The lowest BCUT2D eigenvalue weighted by atomic mass is 10.0. The van der Waals surface area contributed by atoms with E-state index in [0.29, 0.717) is 22.5 Å². The Bertz CT molecular complexity index is 424. The van der Waals surface area contributed by atoms with Crippen molar-refractivity contribution in [3.05, 3.63) is 33.8 Å². The van der Waals surface area contributed by atoms with Crippen LogP contribution >= 0.6 is 23.2 Å². The van der Waals surface area contributed by atoms with Crippen LogP contribution in [-0.4, -0.2) is 17.6 Å². The van der Waals surface area contributed by atoms with Crippen molar-refractivity contribution >= 4 is 29.2 Å². The van der Waals surface area contributed by atoms with Gasteiger partial charge in [-0.25, -0.2) is 0 Å². The van der Waals surface area contributed by atoms with Gasteiger partial charge in [0.25, 0.3) is 0 Å². The maximum absolute atomic E-state index is 10.4. The Morgan fingerprint density at radius 3 is 2.74 bits per heavy atom. The van der Waals surface area contributed by atoms with Crippen LogP contribution in [0, 0.1) is 5.92 Å². The molecule has 19 heavy (non-hydrogen) atoms. The molecule has 1 aromatic carbocycles. The first-order valence-electron chi connectivity index (χ1n) is 6.35. The number of rotatable bonds is 8. The number of nitrogens with one attached hydrogen (secondary N) is 1. The summed E-state index contributed by atoms with van der Waals surface area (Å²) in [5.41, 5.74) is 1.02. The van der Waals surface area contributed by atoms with Crippen molar-refractivity contribution in [2.45, 2.75) is 32.7 Å². The second kappa shape index (κ2) is 8.41. The third-order valence-electron chi connectivity index (χ3n) is 3.00. The van der Waals surface area contributed by atoms with Gasteiger partial charge < -0.3 is 10.4 Å². The molecule has 1 unspecified atom stereocenters. The lowest BCUT2D eigenvalue weighted by Crippen LogP contribution is -2.17. The molecule has 0 aliphatic heterocycles. The van der Waals surface area contributed by atoms with E-state index in [9.17, 15) is 4.79 Å². The third-order valence-corrected chi connectivity index (χ3v) is 3.58. The number of carbonyl (C=O) groups is 1. The summed E-state index contributed by atoms with van der Waals surface area (Å²) in [7, 11) is 0. The fourth-order valence-corrected chi connectivity index (χ4v) is 2.23. The van der Waals surface area contributed by atoms with Crippen molar-refractivity contribution in [3.8, 4) is 0 Å². The smallest absolute Gasteiger partial charge is 0.303 e. The molecule has 2 N–H and O–H groups in total. The van der Waals surface area contributed by atoms with Crippen molar-refractivity contribution in [2.75, 3.05) is 6.54 Å². The van der Waals surface area contributed by atoms with Gasteiger partial charge in [-0.3, -0.25) is 4.79 Å². The van der Waals surface area contributed by atoms with Crippen LogP contribution in [0.15, 0.2) is 18.2 Å². The Hall–Kier alpha value is -0.770. The number of carboxylic acid groups (broad SMARTS) is 1. The van der Waals surface area contributed by atoms with E-state index in [-0.39, 0.29) is 6.42 Å². The highest BCUT2D eigenvalue weighted by atomic mass is 35.5. The molecule has 5 heteroatoms. The van der Waals surface area contributed by atoms with Crippen LogP contribution in [0.1, 0.15) is 31.7 Å². The zero-order chi connectivity index (χ0) is 14.3. The zero-order valence-electron chi connectivity index (χ0n) is 11.0. The van der Waals surface area contributed by atoms with Crippen LogP contribution in [0.5, 0.6) is 0 Å². The van der Waals surface area contributed by atoms with E-state index in [2.05, 4.69) is 12.2 Å². The molecule has 0 saturated heterocycles. The second-order valence-corrected chi connectivity index (χ2v) is 5.58. The lowest BCUT2D eigenvalue weighted by molar-refractivity contribution is -0.137. The molecule has 0 amide bonds. The van der Waals surface area contributed by atoms with Crippen LogP contribution in [0.3, 0.4) is 0 Å². The van der Waals surface area contributed by atoms with Crippen molar-refractivity contribution in [1.29, 1.82) is 0 Å². The molecule has 0 saturated carbocycles. The van der Waals surface area contributed by atoms with Crippen LogP contribution in [0.25, 0.3) is 0 Å². The number of benzene rings is 1. The third kappa shape index (κ3) is 6.81. The molecule has 1 rings (SSSR count). The Morgan fingerprint density at radius 1 is 1.37 bits per heavy atom. The minimum absolute atomic E-state index is 0.240. The molecule has 0 heterocycles. The summed E-state index contributed by atoms with van der Waals surface area (Å²) in [6.07, 6.45) is 1.92. The summed E-state index contributed by atoms with van der Waals surface area (Å²) in [5, 5.41) is 13.2. The second-order valence-electron chi connectivity index (χ2n) is 4.74. The highest BCUT2D eigenvalue weighted by Gasteiger charge is 2.05. The number of aliphatic carboxylic acids is 1. The minimum atomic E-state index is -0.729. The highest BCUT2D eigenvalue weighted by molar-refractivity contribution is 6.35. The van der Waals surface area contributed by atoms with E-state index in [0.717, 1.165) is 24.9 Å². The minimum Gasteiger partial charge on any atom is -0.481 e. The maximum atomic E-state index is 10.4. The largest absolute Gasteiger partial charge is 0.481 e. The van der Waals surface area contributed by atoms with Gasteiger partial charge in [0.2, 0.25) is 0 Å². The SMILES string of the molecule is CC(CCNCc1ccc(Cl)cc1Cl)CCC(=O)O. The molecule has 0 fully saturated rings. The molecule has 106 valence electrons. The first kappa shape index (κ1) is 16.3. The van der Waals surface area contributed by atoms with Gasteiger partial charge >= 0.3 is 5.97 Å². The van der Waals surface area contributed by atoms with Gasteiger partial charge in [-0.1, -0.05) is 36.2 Å². The number of carboxylic acids is 1. The molecule has 0 aromatic heterocycles. The highest BCUT2D eigenvalue weighted by Crippen LogP contribution is 2.20. The van der Waals surface area contributed by atoms with E-state index in [1.165, 1.54) is 0 Å². The van der Waals surface area contributed by atoms with Gasteiger partial charge in [0, 0.05) is 23.0 Å². The van der Waals surface area contributed by atoms with Crippen LogP contribution in [0.4, 0.5) is 0 Å². The van der Waals surface area contributed by atoms with Gasteiger partial charge in [0.15, 0.2) is 0 Å². The Morgan fingerprint density at radius 2 is 2.11 bits per heavy atom. The van der Waals surface area contributed by atoms with E-state index in [4.69, 9.17) is 28.3 Å². The van der Waals surface area contributed by atoms with Gasteiger partial charge in [0.05, 0.1) is 0 Å². The summed E-state index contributed by atoms with van der Waals surface area (Å²) >= 11 is 11.9. The maximum Gasteiger partial charge on any atom is 0.303 e. The quantitative estimate of drug-likeness (QED) is 0.714. The summed E-state index contributed by atoms with van der Waals surface area (Å²) in [4.78, 5) is 10.4. The fourth-order valence-electron chi connectivity index (χ4n) is 1.75. The molecule has 1 aromatic rings. The number of halogens is 2. The first-order valence-corrected chi connectivity index (χ1v) is 7.11. The average Bonchev–Trinajstić information content (AvgIpc) is 2.34. The number of hydrogen-bond donors (Lipinski definition) is 2. The standard InChI is InChI=1S/C14H19Cl2NO2/c1-10(2-5-14(18)19)6-7-17-9-11-3-4-12(15)8-13(11)16/h3-4,8,10,17H,2,5-7,9H2,1H3,(H,18,19). The summed E-state index contributed by atoms with van der Waals surface area (Å²) in [6, 6.07) is 5.46. The predicted molar refractivity (Wildman–Crippen MR) is 78.8 cm³/mol. The van der Waals surface area contributed by atoms with Crippen LogP contribution in [0.2, 0.25) is 10.0 Å². The molecule has 0 aliphatic carbocycles. The molecule has 0 radical (unpaired) electrons. The summed E-state index contributed by atoms with van der Waals surface area (Å²) < 4.78 is 0. The Balaban J connectivity index is 2.21. The topological polar surface area (TPSA) is 49.3 Å². The van der Waals surface area contributed by atoms with Crippen LogP contribution in [-0.2, 0) is 11.3 Å². The molecule has 3 nitrogen and oxygen atoms in total. The van der Waals surface area contributed by atoms with Gasteiger partial charge in [-0.15, -0.1) is 0 Å². The van der Waals surface area contributed by atoms with E-state index >= 15 is 0 Å². The summed E-state index contributed by atoms with van der Waals surface area (Å²) in [6.45, 7) is 3.61. The zero-order valence-corrected chi connectivity index (χ0v) is 12.5. The van der Waals surface area contributed by atoms with Gasteiger partial charge in [0.1, 0.15) is 0 Å². The van der Waals surface area contributed by atoms with E-state index in [1.54, 1.807) is 6.07 Å². The molecule has 0 aliphatic rings.